The van der Waals surface area contributed by atoms with Gasteiger partial charge >= 0.3 is 11.9 Å². The molecule has 1 heterocycles. The zero-order valence-corrected chi connectivity index (χ0v) is 22.6. The molecule has 0 saturated carbocycles. The minimum atomic E-state index is -4.21. The Morgan fingerprint density at radius 2 is 1.47 bits per heavy atom. The average Bonchev–Trinajstić information content (AvgIpc) is 2.91. The fourth-order valence-corrected chi connectivity index (χ4v) is 7.09. The first-order valence-electron chi connectivity index (χ1n) is 11.5. The molecule has 1 aliphatic rings. The Hall–Kier alpha value is -3.90. The molecule has 0 bridgehead atoms. The molecule has 3 aromatic rings. The zero-order valence-electron chi connectivity index (χ0n) is 20.9. The molecule has 0 aliphatic carbocycles. The highest BCUT2D eigenvalue weighted by Gasteiger charge is 2.33. The number of hydrogen-bond acceptors (Lipinski definition) is 8. The normalized spacial score (nSPS) is 13.4. The van der Waals surface area contributed by atoms with Gasteiger partial charge in [0, 0.05) is 6.54 Å². The number of anilines is 3. The number of carbonyl (C=O) groups is 2. The molecule has 0 aromatic heterocycles. The number of esters is 2. The molecule has 0 fully saturated rings. The van der Waals surface area contributed by atoms with E-state index in [-0.39, 0.29) is 33.9 Å². The molecule has 0 radical (unpaired) electrons. The summed E-state index contributed by atoms with van der Waals surface area (Å²) in [6, 6.07) is 16.4. The van der Waals surface area contributed by atoms with Crippen LogP contribution in [-0.4, -0.2) is 55.8 Å². The monoisotopic (exact) mass is 558 g/mol. The summed E-state index contributed by atoms with van der Waals surface area (Å²) in [5.41, 5.74) is 1.64. The first-order chi connectivity index (χ1) is 18.0. The Bertz CT molecular complexity index is 1600. The van der Waals surface area contributed by atoms with Gasteiger partial charge in [0.15, 0.2) is 0 Å². The molecule has 0 spiro atoms. The Kier molecular flexibility index (Phi) is 7.47. The topological polar surface area (TPSA) is 127 Å². The molecule has 200 valence electrons. The average molecular weight is 559 g/mol. The van der Waals surface area contributed by atoms with Gasteiger partial charge in [0.2, 0.25) is 10.0 Å². The third kappa shape index (κ3) is 5.09. The standard InChI is InChI=1S/C26H26N2O8S2/c1-35-25(29)19-11-13-20(14-12-19)28(37(3,31)32)21-15-10-18-7-6-16-27(23(18)17-21)38(33,34)24-9-5-4-8-22(24)26(30)36-2/h4-5,8-15,17H,6-7,16H2,1-3H3. The number of nitrogens with zero attached hydrogens (tertiary/aromatic N) is 2. The van der Waals surface area contributed by atoms with E-state index < -0.39 is 32.0 Å². The highest BCUT2D eigenvalue weighted by Crippen LogP contribution is 2.38. The van der Waals surface area contributed by atoms with Gasteiger partial charge in [-0.25, -0.2) is 30.7 Å². The van der Waals surface area contributed by atoms with Crippen LogP contribution >= 0.6 is 0 Å². The maximum atomic E-state index is 13.8. The molecule has 38 heavy (non-hydrogen) atoms. The summed E-state index contributed by atoms with van der Waals surface area (Å²) in [5, 5.41) is 0. The Balaban J connectivity index is 1.83. The highest BCUT2D eigenvalue weighted by atomic mass is 32.2. The lowest BCUT2D eigenvalue weighted by Crippen LogP contribution is -2.36. The summed E-state index contributed by atoms with van der Waals surface area (Å²) >= 11 is 0. The van der Waals surface area contributed by atoms with E-state index in [1.807, 2.05) is 0 Å². The van der Waals surface area contributed by atoms with E-state index in [0.29, 0.717) is 24.1 Å². The maximum absolute atomic E-state index is 13.8. The second-order valence-electron chi connectivity index (χ2n) is 8.55. The van der Waals surface area contributed by atoms with E-state index in [1.165, 1.54) is 67.1 Å². The molecule has 4 rings (SSSR count). The summed E-state index contributed by atoms with van der Waals surface area (Å²) < 4.78 is 65.1. The van der Waals surface area contributed by atoms with Crippen LogP contribution in [-0.2, 0) is 35.9 Å². The van der Waals surface area contributed by atoms with Gasteiger partial charge in [0.25, 0.3) is 10.0 Å². The highest BCUT2D eigenvalue weighted by molar-refractivity contribution is 7.93. The molecular weight excluding hydrogens is 532 g/mol. The fourth-order valence-electron chi connectivity index (χ4n) is 4.38. The van der Waals surface area contributed by atoms with E-state index in [9.17, 15) is 26.4 Å². The number of ether oxygens (including phenoxy) is 2. The predicted molar refractivity (Wildman–Crippen MR) is 142 cm³/mol. The van der Waals surface area contributed by atoms with Crippen molar-refractivity contribution >= 4 is 49.0 Å². The van der Waals surface area contributed by atoms with Crippen LogP contribution in [0.2, 0.25) is 0 Å². The van der Waals surface area contributed by atoms with Gasteiger partial charge in [-0.15, -0.1) is 0 Å². The van der Waals surface area contributed by atoms with Crippen molar-refractivity contribution in [3.05, 3.63) is 83.4 Å². The van der Waals surface area contributed by atoms with Crippen LogP contribution in [0.1, 0.15) is 32.7 Å². The van der Waals surface area contributed by atoms with Crippen LogP contribution in [0.25, 0.3) is 0 Å². The van der Waals surface area contributed by atoms with Crippen LogP contribution in [0.5, 0.6) is 0 Å². The van der Waals surface area contributed by atoms with Crippen molar-refractivity contribution in [2.45, 2.75) is 17.7 Å². The number of hydrogen-bond donors (Lipinski definition) is 0. The molecule has 10 nitrogen and oxygen atoms in total. The summed E-state index contributed by atoms with van der Waals surface area (Å²) in [7, 11) is -5.67. The van der Waals surface area contributed by atoms with Crippen molar-refractivity contribution in [3.8, 4) is 0 Å². The quantitative estimate of drug-likeness (QED) is 0.403. The number of aryl methyl sites for hydroxylation is 1. The van der Waals surface area contributed by atoms with Crippen LogP contribution in [0.4, 0.5) is 17.1 Å². The molecular formula is C26H26N2O8S2. The van der Waals surface area contributed by atoms with Crippen molar-refractivity contribution in [1.29, 1.82) is 0 Å². The van der Waals surface area contributed by atoms with Crippen LogP contribution in [0, 0.1) is 0 Å². The van der Waals surface area contributed by atoms with Gasteiger partial charge in [-0.2, -0.15) is 0 Å². The fraction of sp³-hybridized carbons (Fsp3) is 0.231. The summed E-state index contributed by atoms with van der Waals surface area (Å²) in [4.78, 5) is 23.9. The molecule has 0 amide bonds. The third-order valence-electron chi connectivity index (χ3n) is 6.09. The lowest BCUT2D eigenvalue weighted by Gasteiger charge is -2.32. The molecule has 0 N–H and O–H groups in total. The van der Waals surface area contributed by atoms with Crippen LogP contribution in [0.15, 0.2) is 71.6 Å². The summed E-state index contributed by atoms with van der Waals surface area (Å²) in [6.07, 6.45) is 2.16. The van der Waals surface area contributed by atoms with E-state index >= 15 is 0 Å². The number of carbonyl (C=O) groups excluding carboxylic acids is 2. The first-order valence-corrected chi connectivity index (χ1v) is 14.8. The predicted octanol–water partition coefficient (Wildman–Crippen LogP) is 3.50. The Morgan fingerprint density at radius 1 is 0.842 bits per heavy atom. The third-order valence-corrected chi connectivity index (χ3v) is 9.05. The van der Waals surface area contributed by atoms with Gasteiger partial charge < -0.3 is 9.47 Å². The smallest absolute Gasteiger partial charge is 0.339 e. The zero-order chi connectivity index (χ0) is 27.7. The lowest BCUT2D eigenvalue weighted by molar-refractivity contribution is 0.0589. The van der Waals surface area contributed by atoms with E-state index in [0.717, 1.165) is 10.6 Å². The summed E-state index contributed by atoms with van der Waals surface area (Å²) in [6.45, 7) is 0.140. The Labute approximate surface area is 221 Å². The molecule has 12 heteroatoms. The van der Waals surface area contributed by atoms with Crippen molar-refractivity contribution in [2.24, 2.45) is 0 Å². The number of sulfonamides is 2. The van der Waals surface area contributed by atoms with Crippen LogP contribution < -0.4 is 8.61 Å². The molecule has 0 saturated heterocycles. The number of fused-ring (bicyclic) bond motifs is 1. The molecule has 1 aliphatic heterocycles. The number of rotatable bonds is 7. The van der Waals surface area contributed by atoms with Gasteiger partial charge in [-0.3, -0.25) is 4.31 Å². The largest absolute Gasteiger partial charge is 0.465 e. The van der Waals surface area contributed by atoms with E-state index in [2.05, 4.69) is 0 Å². The summed E-state index contributed by atoms with van der Waals surface area (Å²) in [5.74, 6) is -1.35. The van der Waals surface area contributed by atoms with E-state index in [1.54, 1.807) is 18.2 Å². The van der Waals surface area contributed by atoms with Crippen molar-refractivity contribution in [1.82, 2.24) is 0 Å². The van der Waals surface area contributed by atoms with Gasteiger partial charge in [-0.1, -0.05) is 18.2 Å². The number of methoxy groups -OCH3 is 2. The maximum Gasteiger partial charge on any atom is 0.339 e. The van der Waals surface area contributed by atoms with Crippen molar-refractivity contribution < 1.29 is 35.9 Å². The second-order valence-corrected chi connectivity index (χ2v) is 12.2. The lowest BCUT2D eigenvalue weighted by atomic mass is 10.0. The number of benzene rings is 3. The van der Waals surface area contributed by atoms with Crippen molar-refractivity contribution in [3.63, 3.8) is 0 Å². The molecule has 0 unspecified atom stereocenters. The van der Waals surface area contributed by atoms with Gasteiger partial charge in [0.05, 0.1) is 48.7 Å². The molecule has 3 aromatic carbocycles. The molecule has 0 atom stereocenters. The minimum Gasteiger partial charge on any atom is -0.465 e. The van der Waals surface area contributed by atoms with Gasteiger partial charge in [0.1, 0.15) is 4.90 Å². The second kappa shape index (κ2) is 10.5. The van der Waals surface area contributed by atoms with Crippen LogP contribution in [0.3, 0.4) is 0 Å². The minimum absolute atomic E-state index is 0.0956. The first kappa shape index (κ1) is 27.1. The Morgan fingerprint density at radius 3 is 2.11 bits per heavy atom. The SMILES string of the molecule is COC(=O)c1ccc(N(c2ccc3c(c2)N(S(=O)(=O)c2ccccc2C(=O)OC)CCC3)S(C)(=O)=O)cc1. The van der Waals surface area contributed by atoms with Crippen molar-refractivity contribution in [2.75, 3.05) is 35.6 Å². The van der Waals surface area contributed by atoms with E-state index in [4.69, 9.17) is 9.47 Å². The van der Waals surface area contributed by atoms with Gasteiger partial charge in [-0.05, 0) is 66.9 Å².